The lowest BCUT2D eigenvalue weighted by molar-refractivity contribution is -0.119. The molecule has 7 nitrogen and oxygen atoms in total. The molecule has 3 aromatic rings. The van der Waals surface area contributed by atoms with Gasteiger partial charge in [-0.2, -0.15) is 5.10 Å². The van der Waals surface area contributed by atoms with Crippen molar-refractivity contribution in [3.8, 4) is 0 Å². The molecule has 0 aliphatic carbocycles. The summed E-state index contributed by atoms with van der Waals surface area (Å²) in [6.45, 7) is 2.05. The van der Waals surface area contributed by atoms with E-state index >= 15 is 0 Å². The number of rotatable bonds is 8. The Morgan fingerprint density at radius 2 is 1.50 bits per heavy atom. The molecular formula is C26H26Cl2N4O3S. The highest BCUT2D eigenvalue weighted by atomic mass is 35.5. The van der Waals surface area contributed by atoms with Gasteiger partial charge in [0.2, 0.25) is 0 Å². The van der Waals surface area contributed by atoms with Gasteiger partial charge in [-0.05, 0) is 35.9 Å². The molecular weight excluding hydrogens is 519 g/mol. The standard InChI is InChI=1S/C26H26Cl2N4O3S/c27-21-15-22(28)17-24(16-21)32(36(34,35)25-9-5-2-6-10-25)19-26(33)30-29-23-11-13-31(14-12-23)18-20-7-3-1-4-8-20/h1-10,15-17H,11-14,18-19H2,(H,30,33). The maximum Gasteiger partial charge on any atom is 0.264 e. The van der Waals surface area contributed by atoms with Crippen molar-refractivity contribution in [3.05, 3.63) is 94.5 Å². The van der Waals surface area contributed by atoms with Gasteiger partial charge >= 0.3 is 0 Å². The van der Waals surface area contributed by atoms with E-state index in [-0.39, 0.29) is 20.6 Å². The van der Waals surface area contributed by atoms with Gasteiger partial charge in [-0.25, -0.2) is 13.8 Å². The number of carbonyl (C=O) groups is 1. The Morgan fingerprint density at radius 3 is 2.11 bits per heavy atom. The maximum absolute atomic E-state index is 13.4. The molecule has 4 rings (SSSR count). The van der Waals surface area contributed by atoms with Gasteiger partial charge in [-0.15, -0.1) is 0 Å². The van der Waals surface area contributed by atoms with E-state index in [1.807, 2.05) is 18.2 Å². The van der Waals surface area contributed by atoms with E-state index in [0.717, 1.165) is 42.5 Å². The second-order valence-corrected chi connectivity index (χ2v) is 11.2. The fourth-order valence-electron chi connectivity index (χ4n) is 3.95. The summed E-state index contributed by atoms with van der Waals surface area (Å²) in [5.74, 6) is -0.565. The SMILES string of the molecule is O=C(CN(c1cc(Cl)cc(Cl)c1)S(=O)(=O)c1ccccc1)NN=C1CCN(Cc2ccccc2)CC1. The van der Waals surface area contributed by atoms with Gasteiger partial charge < -0.3 is 0 Å². The number of sulfonamides is 1. The van der Waals surface area contributed by atoms with Crippen LogP contribution in [0, 0.1) is 0 Å². The number of carbonyl (C=O) groups excluding carboxylic acids is 1. The molecule has 0 aromatic heterocycles. The molecule has 0 atom stereocenters. The van der Waals surface area contributed by atoms with Crippen molar-refractivity contribution in [1.29, 1.82) is 0 Å². The zero-order valence-corrected chi connectivity index (χ0v) is 21.8. The minimum absolute atomic E-state index is 0.0472. The second-order valence-electron chi connectivity index (χ2n) is 8.43. The first-order valence-electron chi connectivity index (χ1n) is 11.5. The summed E-state index contributed by atoms with van der Waals surface area (Å²) in [6, 6.07) is 22.6. The van der Waals surface area contributed by atoms with E-state index in [1.165, 1.54) is 35.9 Å². The summed E-state index contributed by atoms with van der Waals surface area (Å²) in [6.07, 6.45) is 1.45. The third-order valence-electron chi connectivity index (χ3n) is 5.77. The molecule has 0 bridgehead atoms. The van der Waals surface area contributed by atoms with E-state index in [0.29, 0.717) is 0 Å². The van der Waals surface area contributed by atoms with E-state index in [1.54, 1.807) is 18.2 Å². The Hall–Kier alpha value is -2.91. The zero-order valence-electron chi connectivity index (χ0n) is 19.5. The van der Waals surface area contributed by atoms with Crippen LogP contribution in [-0.4, -0.2) is 44.6 Å². The first-order valence-corrected chi connectivity index (χ1v) is 13.7. The van der Waals surface area contributed by atoms with Crippen LogP contribution in [0.3, 0.4) is 0 Å². The molecule has 1 fully saturated rings. The fraction of sp³-hybridized carbons (Fsp3) is 0.231. The number of likely N-dealkylation sites (tertiary alicyclic amines) is 1. The number of anilines is 1. The summed E-state index contributed by atoms with van der Waals surface area (Å²) < 4.78 is 27.8. The number of halogens is 2. The number of hydrogen-bond acceptors (Lipinski definition) is 5. The molecule has 1 amide bonds. The van der Waals surface area contributed by atoms with Crippen LogP contribution in [0.2, 0.25) is 10.0 Å². The van der Waals surface area contributed by atoms with E-state index < -0.39 is 22.5 Å². The largest absolute Gasteiger partial charge is 0.298 e. The summed E-state index contributed by atoms with van der Waals surface area (Å²) >= 11 is 12.2. The highest BCUT2D eigenvalue weighted by Crippen LogP contribution is 2.29. The monoisotopic (exact) mass is 544 g/mol. The Kier molecular flexibility index (Phi) is 8.64. The van der Waals surface area contributed by atoms with E-state index in [4.69, 9.17) is 23.2 Å². The Balaban J connectivity index is 1.43. The van der Waals surface area contributed by atoms with Gasteiger partial charge in [0, 0.05) is 48.2 Å². The molecule has 10 heteroatoms. The molecule has 1 N–H and O–H groups in total. The van der Waals surface area contributed by atoms with Crippen LogP contribution in [-0.2, 0) is 21.4 Å². The van der Waals surface area contributed by atoms with Crippen LogP contribution < -0.4 is 9.73 Å². The lowest BCUT2D eigenvalue weighted by atomic mass is 10.1. The molecule has 0 unspecified atom stereocenters. The first-order chi connectivity index (χ1) is 17.3. The average molecular weight is 545 g/mol. The fourth-order valence-corrected chi connectivity index (χ4v) is 5.89. The highest BCUT2D eigenvalue weighted by Gasteiger charge is 2.28. The minimum atomic E-state index is -4.06. The number of piperidine rings is 1. The third kappa shape index (κ3) is 6.85. The number of benzene rings is 3. The molecule has 1 aliphatic rings. The minimum Gasteiger partial charge on any atom is -0.298 e. The molecule has 1 aliphatic heterocycles. The van der Waals surface area contributed by atoms with Gasteiger partial charge in [-0.1, -0.05) is 71.7 Å². The number of hydrogen-bond donors (Lipinski definition) is 1. The Bertz CT molecular complexity index is 1310. The topological polar surface area (TPSA) is 82.1 Å². The molecule has 188 valence electrons. The van der Waals surface area contributed by atoms with Gasteiger partial charge in [0.15, 0.2) is 0 Å². The van der Waals surface area contributed by atoms with Gasteiger partial charge in [0.1, 0.15) is 6.54 Å². The smallest absolute Gasteiger partial charge is 0.264 e. The van der Waals surface area contributed by atoms with Crippen LogP contribution in [0.4, 0.5) is 5.69 Å². The zero-order chi connectivity index (χ0) is 25.5. The number of nitrogens with one attached hydrogen (secondary N) is 1. The van der Waals surface area contributed by atoms with Crippen LogP contribution in [0.1, 0.15) is 18.4 Å². The summed E-state index contributed by atoms with van der Waals surface area (Å²) in [4.78, 5) is 15.2. The third-order valence-corrected chi connectivity index (χ3v) is 8.00. The second kappa shape index (κ2) is 11.9. The molecule has 0 spiro atoms. The quantitative estimate of drug-likeness (QED) is 0.406. The molecule has 1 saturated heterocycles. The van der Waals surface area contributed by atoms with Crippen molar-refractivity contribution >= 4 is 50.5 Å². The molecule has 0 saturated carbocycles. The van der Waals surface area contributed by atoms with Crippen molar-refractivity contribution in [2.24, 2.45) is 5.10 Å². The molecule has 1 heterocycles. The van der Waals surface area contributed by atoms with Crippen LogP contribution in [0.5, 0.6) is 0 Å². The average Bonchev–Trinajstić information content (AvgIpc) is 2.87. The predicted octanol–water partition coefficient (Wildman–Crippen LogP) is 4.96. The number of hydrazone groups is 1. The first kappa shape index (κ1) is 26.2. The van der Waals surface area contributed by atoms with Crippen LogP contribution in [0.15, 0.2) is 88.9 Å². The highest BCUT2D eigenvalue weighted by molar-refractivity contribution is 7.92. The molecule has 36 heavy (non-hydrogen) atoms. The van der Waals surface area contributed by atoms with Gasteiger partial charge in [0.05, 0.1) is 10.6 Å². The molecule has 0 radical (unpaired) electrons. The number of amides is 1. The summed E-state index contributed by atoms with van der Waals surface area (Å²) in [7, 11) is -4.06. The van der Waals surface area contributed by atoms with Crippen LogP contribution in [0.25, 0.3) is 0 Å². The van der Waals surface area contributed by atoms with Crippen LogP contribution >= 0.6 is 23.2 Å². The predicted molar refractivity (Wildman–Crippen MR) is 144 cm³/mol. The van der Waals surface area contributed by atoms with Crippen molar-refractivity contribution < 1.29 is 13.2 Å². The number of nitrogens with zero attached hydrogens (tertiary/aromatic N) is 3. The van der Waals surface area contributed by atoms with E-state index in [9.17, 15) is 13.2 Å². The Morgan fingerprint density at radius 1 is 0.917 bits per heavy atom. The van der Waals surface area contributed by atoms with Gasteiger partial charge in [0.25, 0.3) is 15.9 Å². The summed E-state index contributed by atoms with van der Waals surface area (Å²) in [5.41, 5.74) is 4.84. The van der Waals surface area contributed by atoms with Crippen molar-refractivity contribution in [2.75, 3.05) is 23.9 Å². The normalized spacial score (nSPS) is 14.3. The Labute approximate surface area is 221 Å². The lowest BCUT2D eigenvalue weighted by Gasteiger charge is -2.27. The van der Waals surface area contributed by atoms with Gasteiger partial charge in [-0.3, -0.25) is 14.0 Å². The van der Waals surface area contributed by atoms with Crippen molar-refractivity contribution in [3.63, 3.8) is 0 Å². The lowest BCUT2D eigenvalue weighted by Crippen LogP contribution is -2.40. The van der Waals surface area contributed by atoms with Crippen molar-refractivity contribution in [1.82, 2.24) is 10.3 Å². The molecule has 3 aromatic carbocycles. The summed E-state index contributed by atoms with van der Waals surface area (Å²) in [5, 5.41) is 4.79. The van der Waals surface area contributed by atoms with Crippen molar-refractivity contribution in [2.45, 2.75) is 24.3 Å². The maximum atomic E-state index is 13.4. The van der Waals surface area contributed by atoms with E-state index in [2.05, 4.69) is 27.6 Å².